The van der Waals surface area contributed by atoms with Crippen LogP contribution in [0.15, 0.2) is 28.7 Å². The van der Waals surface area contributed by atoms with Crippen molar-refractivity contribution in [3.8, 4) is 0 Å². The lowest BCUT2D eigenvalue weighted by molar-refractivity contribution is 0.131. The normalized spacial score (nSPS) is 17.4. The molecular weight excluding hydrogens is 264 g/mol. The molecule has 4 nitrogen and oxygen atoms in total. The molecule has 1 aromatic heterocycles. The molecule has 1 N–H and O–H groups in total. The molecule has 1 aliphatic carbocycles. The summed E-state index contributed by atoms with van der Waals surface area (Å²) in [5, 5.41) is 9.39. The first-order valence-corrected chi connectivity index (χ1v) is 7.54. The van der Waals surface area contributed by atoms with Crippen LogP contribution in [-0.4, -0.2) is 28.1 Å². The number of nitrogens with zero attached hydrogens (tertiary/aromatic N) is 2. The van der Waals surface area contributed by atoms with Crippen molar-refractivity contribution in [2.75, 3.05) is 13.2 Å². The van der Waals surface area contributed by atoms with E-state index in [1.165, 1.54) is 11.1 Å². The van der Waals surface area contributed by atoms with E-state index in [0.29, 0.717) is 19.1 Å². The molecule has 0 fully saturated rings. The number of aliphatic hydroxyl groups is 1. The summed E-state index contributed by atoms with van der Waals surface area (Å²) in [6.45, 7) is 5.34. The monoisotopic (exact) mass is 286 g/mol. The molecular formula is C17H22N2O2. The van der Waals surface area contributed by atoms with Crippen LogP contribution >= 0.6 is 0 Å². The second-order valence-corrected chi connectivity index (χ2v) is 5.70. The van der Waals surface area contributed by atoms with E-state index in [4.69, 9.17) is 4.42 Å². The number of aromatic nitrogens is 1. The van der Waals surface area contributed by atoms with Gasteiger partial charge >= 0.3 is 0 Å². The second-order valence-electron chi connectivity index (χ2n) is 5.70. The highest BCUT2D eigenvalue weighted by Gasteiger charge is 2.28. The Morgan fingerprint density at radius 2 is 2.14 bits per heavy atom. The largest absolute Gasteiger partial charge is 0.444 e. The average Bonchev–Trinajstić information content (AvgIpc) is 3.03. The van der Waals surface area contributed by atoms with Crippen LogP contribution in [-0.2, 0) is 13.0 Å². The molecule has 0 saturated heterocycles. The highest BCUT2D eigenvalue weighted by Crippen LogP contribution is 2.36. The van der Waals surface area contributed by atoms with Crippen LogP contribution in [0.3, 0.4) is 0 Å². The van der Waals surface area contributed by atoms with Gasteiger partial charge in [0.15, 0.2) is 0 Å². The first kappa shape index (κ1) is 14.3. The number of fused-ring (bicyclic) bond motifs is 1. The van der Waals surface area contributed by atoms with Crippen molar-refractivity contribution in [3.05, 3.63) is 52.7 Å². The zero-order valence-electron chi connectivity index (χ0n) is 12.7. The van der Waals surface area contributed by atoms with Gasteiger partial charge in [-0.3, -0.25) is 4.90 Å². The lowest BCUT2D eigenvalue weighted by atomic mass is 10.1. The minimum atomic E-state index is 0.150. The fourth-order valence-electron chi connectivity index (χ4n) is 3.17. The van der Waals surface area contributed by atoms with Crippen LogP contribution in [0, 0.1) is 13.8 Å². The topological polar surface area (TPSA) is 49.5 Å². The van der Waals surface area contributed by atoms with Gasteiger partial charge in [-0.2, -0.15) is 0 Å². The number of hydrogen-bond donors (Lipinski definition) is 1. The summed E-state index contributed by atoms with van der Waals surface area (Å²) in [5.74, 6) is 1.61. The molecule has 0 aliphatic heterocycles. The van der Waals surface area contributed by atoms with Gasteiger partial charge in [-0.25, -0.2) is 4.98 Å². The van der Waals surface area contributed by atoms with Gasteiger partial charge < -0.3 is 9.52 Å². The fourth-order valence-corrected chi connectivity index (χ4v) is 3.17. The number of hydrogen-bond acceptors (Lipinski definition) is 4. The van der Waals surface area contributed by atoms with Gasteiger partial charge in [-0.1, -0.05) is 24.3 Å². The molecule has 1 atom stereocenters. The Hall–Kier alpha value is -1.65. The SMILES string of the molecule is Cc1nc(CN(CCO)C2CCc3ccccc32)oc1C. The summed E-state index contributed by atoms with van der Waals surface area (Å²) in [5.41, 5.74) is 3.75. The first-order valence-electron chi connectivity index (χ1n) is 7.54. The Kier molecular flexibility index (Phi) is 4.08. The maximum atomic E-state index is 9.39. The summed E-state index contributed by atoms with van der Waals surface area (Å²) < 4.78 is 5.70. The zero-order chi connectivity index (χ0) is 14.8. The molecule has 0 radical (unpaired) electrons. The van der Waals surface area contributed by atoms with Crippen LogP contribution in [0.25, 0.3) is 0 Å². The van der Waals surface area contributed by atoms with Gasteiger partial charge in [0.25, 0.3) is 0 Å². The molecule has 0 saturated carbocycles. The van der Waals surface area contributed by atoms with Crippen LogP contribution in [0.5, 0.6) is 0 Å². The maximum absolute atomic E-state index is 9.39. The van der Waals surface area contributed by atoms with Crippen LogP contribution < -0.4 is 0 Å². The number of oxazole rings is 1. The number of aliphatic hydroxyl groups excluding tert-OH is 1. The third-order valence-corrected chi connectivity index (χ3v) is 4.34. The quantitative estimate of drug-likeness (QED) is 0.918. The zero-order valence-corrected chi connectivity index (χ0v) is 12.7. The van der Waals surface area contributed by atoms with E-state index in [0.717, 1.165) is 30.2 Å². The van der Waals surface area contributed by atoms with E-state index in [9.17, 15) is 5.11 Å². The highest BCUT2D eigenvalue weighted by molar-refractivity contribution is 5.34. The highest BCUT2D eigenvalue weighted by atomic mass is 16.4. The van der Waals surface area contributed by atoms with Crippen molar-refractivity contribution >= 4 is 0 Å². The molecule has 1 heterocycles. The van der Waals surface area contributed by atoms with Gasteiger partial charge in [-0.15, -0.1) is 0 Å². The van der Waals surface area contributed by atoms with Gasteiger partial charge in [-0.05, 0) is 37.8 Å². The molecule has 0 amide bonds. The maximum Gasteiger partial charge on any atom is 0.208 e. The van der Waals surface area contributed by atoms with E-state index < -0.39 is 0 Å². The Balaban J connectivity index is 1.82. The van der Waals surface area contributed by atoms with E-state index >= 15 is 0 Å². The summed E-state index contributed by atoms with van der Waals surface area (Å²) >= 11 is 0. The van der Waals surface area contributed by atoms with Gasteiger partial charge in [0.1, 0.15) is 5.76 Å². The van der Waals surface area contributed by atoms with Crippen LogP contribution in [0.2, 0.25) is 0 Å². The third-order valence-electron chi connectivity index (χ3n) is 4.34. The summed E-state index contributed by atoms with van der Waals surface area (Å²) in [6.07, 6.45) is 2.20. The summed E-state index contributed by atoms with van der Waals surface area (Å²) in [6, 6.07) is 8.93. The van der Waals surface area contributed by atoms with E-state index in [1.807, 2.05) is 13.8 Å². The first-order chi connectivity index (χ1) is 10.2. The minimum absolute atomic E-state index is 0.150. The third kappa shape index (κ3) is 2.87. The summed E-state index contributed by atoms with van der Waals surface area (Å²) in [7, 11) is 0. The Labute approximate surface area is 125 Å². The van der Waals surface area contributed by atoms with Crippen LogP contribution in [0.1, 0.15) is 40.9 Å². The Morgan fingerprint density at radius 3 is 2.86 bits per heavy atom. The number of rotatable bonds is 5. The van der Waals surface area contributed by atoms with Gasteiger partial charge in [0.2, 0.25) is 5.89 Å². The molecule has 21 heavy (non-hydrogen) atoms. The van der Waals surface area contributed by atoms with Crippen molar-refractivity contribution < 1.29 is 9.52 Å². The van der Waals surface area contributed by atoms with Crippen molar-refractivity contribution in [3.63, 3.8) is 0 Å². The van der Waals surface area contributed by atoms with E-state index in [-0.39, 0.29) is 6.61 Å². The van der Waals surface area contributed by atoms with E-state index in [1.54, 1.807) is 0 Å². The second kappa shape index (κ2) is 6.00. The molecule has 1 unspecified atom stereocenters. The molecule has 1 aliphatic rings. The Morgan fingerprint density at radius 1 is 1.33 bits per heavy atom. The van der Waals surface area contributed by atoms with Gasteiger partial charge in [0, 0.05) is 12.6 Å². The van der Waals surface area contributed by atoms with Crippen LogP contribution in [0.4, 0.5) is 0 Å². The summed E-state index contributed by atoms with van der Waals surface area (Å²) in [4.78, 5) is 6.74. The molecule has 1 aromatic carbocycles. The fraction of sp³-hybridized carbons (Fsp3) is 0.471. The van der Waals surface area contributed by atoms with Crippen molar-refractivity contribution in [1.82, 2.24) is 9.88 Å². The average molecular weight is 286 g/mol. The Bertz CT molecular complexity index is 602. The lowest BCUT2D eigenvalue weighted by Gasteiger charge is -2.27. The number of benzene rings is 1. The predicted molar refractivity (Wildman–Crippen MR) is 81.0 cm³/mol. The lowest BCUT2D eigenvalue weighted by Crippen LogP contribution is -2.30. The van der Waals surface area contributed by atoms with Gasteiger partial charge in [0.05, 0.1) is 18.8 Å². The molecule has 112 valence electrons. The van der Waals surface area contributed by atoms with Crippen molar-refractivity contribution in [1.29, 1.82) is 0 Å². The molecule has 0 bridgehead atoms. The number of aryl methyl sites for hydroxylation is 3. The van der Waals surface area contributed by atoms with Crippen molar-refractivity contribution in [2.24, 2.45) is 0 Å². The molecule has 4 heteroatoms. The predicted octanol–water partition coefficient (Wildman–Crippen LogP) is 2.77. The van der Waals surface area contributed by atoms with Crippen molar-refractivity contribution in [2.45, 2.75) is 39.3 Å². The minimum Gasteiger partial charge on any atom is -0.444 e. The molecule has 0 spiro atoms. The molecule has 2 aromatic rings. The van der Waals surface area contributed by atoms with E-state index in [2.05, 4.69) is 34.1 Å². The molecule has 3 rings (SSSR count). The smallest absolute Gasteiger partial charge is 0.208 e. The standard InChI is InChI=1S/C17H22N2O2/c1-12-13(2)21-17(18-12)11-19(9-10-20)16-8-7-14-5-3-4-6-15(14)16/h3-6,16,20H,7-11H2,1-2H3.